The zero-order chi connectivity index (χ0) is 16.1. The SMILES string of the molecule is O=C(CC12CC3CC(CC(Br)(C3)C1)C2)NCCNC(=O)C1CC1. The highest BCUT2D eigenvalue weighted by molar-refractivity contribution is 9.10. The van der Waals surface area contributed by atoms with Crippen molar-refractivity contribution in [1.82, 2.24) is 10.6 Å². The van der Waals surface area contributed by atoms with Gasteiger partial charge in [0.1, 0.15) is 0 Å². The summed E-state index contributed by atoms with van der Waals surface area (Å²) >= 11 is 4.00. The molecule has 0 heterocycles. The van der Waals surface area contributed by atoms with Gasteiger partial charge in [0.25, 0.3) is 0 Å². The highest BCUT2D eigenvalue weighted by Gasteiger charge is 2.57. The maximum absolute atomic E-state index is 12.4. The molecular weight excluding hydrogens is 356 g/mol. The second-order valence-corrected chi connectivity index (χ2v) is 10.4. The largest absolute Gasteiger partial charge is 0.354 e. The van der Waals surface area contributed by atoms with Gasteiger partial charge in [-0.2, -0.15) is 0 Å². The number of halogens is 1. The van der Waals surface area contributed by atoms with Crippen LogP contribution in [0.1, 0.15) is 57.8 Å². The Bertz CT molecular complexity index is 503. The molecule has 23 heavy (non-hydrogen) atoms. The minimum Gasteiger partial charge on any atom is -0.354 e. The number of nitrogens with one attached hydrogen (secondary N) is 2. The van der Waals surface area contributed by atoms with E-state index in [4.69, 9.17) is 0 Å². The van der Waals surface area contributed by atoms with Crippen molar-refractivity contribution in [2.45, 2.75) is 62.1 Å². The summed E-state index contributed by atoms with van der Waals surface area (Å²) in [6, 6.07) is 0. The van der Waals surface area contributed by atoms with Crippen molar-refractivity contribution in [3.63, 3.8) is 0 Å². The molecule has 0 spiro atoms. The van der Waals surface area contributed by atoms with Gasteiger partial charge in [0.05, 0.1) is 0 Å². The molecule has 5 saturated carbocycles. The third-order valence-electron chi connectivity index (χ3n) is 6.34. The van der Waals surface area contributed by atoms with Crippen LogP contribution in [0, 0.1) is 23.2 Å². The summed E-state index contributed by atoms with van der Waals surface area (Å²) in [5, 5.41) is 5.92. The predicted molar refractivity (Wildman–Crippen MR) is 92.1 cm³/mol. The van der Waals surface area contributed by atoms with E-state index in [0.29, 0.717) is 23.8 Å². The van der Waals surface area contributed by atoms with Crippen LogP contribution in [0.25, 0.3) is 0 Å². The Kier molecular flexibility index (Phi) is 3.98. The van der Waals surface area contributed by atoms with Crippen molar-refractivity contribution in [2.24, 2.45) is 23.2 Å². The molecule has 128 valence electrons. The Balaban J connectivity index is 1.24. The fraction of sp³-hybridized carbons (Fsp3) is 0.889. The molecule has 5 aliphatic rings. The van der Waals surface area contributed by atoms with Crippen molar-refractivity contribution in [2.75, 3.05) is 13.1 Å². The molecule has 2 amide bonds. The molecule has 5 heteroatoms. The molecule has 4 bridgehead atoms. The molecule has 2 unspecified atom stereocenters. The van der Waals surface area contributed by atoms with Crippen LogP contribution in [0.4, 0.5) is 0 Å². The van der Waals surface area contributed by atoms with Crippen molar-refractivity contribution in [1.29, 1.82) is 0 Å². The quantitative estimate of drug-likeness (QED) is 0.548. The van der Waals surface area contributed by atoms with Crippen molar-refractivity contribution < 1.29 is 9.59 Å². The predicted octanol–water partition coefficient (Wildman–Crippen LogP) is 2.75. The molecular formula is C18H27BrN2O2. The average molecular weight is 383 g/mol. The van der Waals surface area contributed by atoms with Gasteiger partial charge in [-0.25, -0.2) is 0 Å². The third kappa shape index (κ3) is 3.45. The summed E-state index contributed by atoms with van der Waals surface area (Å²) in [6.07, 6.45) is 10.4. The van der Waals surface area contributed by atoms with Crippen LogP contribution in [0.5, 0.6) is 0 Å². The Morgan fingerprint density at radius 1 is 1.00 bits per heavy atom. The molecule has 0 saturated heterocycles. The molecule has 5 fully saturated rings. The van der Waals surface area contributed by atoms with Crippen molar-refractivity contribution in [3.05, 3.63) is 0 Å². The van der Waals surface area contributed by atoms with Crippen molar-refractivity contribution >= 4 is 27.7 Å². The van der Waals surface area contributed by atoms with E-state index in [1.54, 1.807) is 0 Å². The molecule has 5 rings (SSSR count). The van der Waals surface area contributed by atoms with Gasteiger partial charge in [0.15, 0.2) is 0 Å². The molecule has 0 aliphatic heterocycles. The van der Waals surface area contributed by atoms with Crippen molar-refractivity contribution in [3.8, 4) is 0 Å². The highest BCUT2D eigenvalue weighted by Crippen LogP contribution is 2.65. The Morgan fingerprint density at radius 3 is 2.26 bits per heavy atom. The minimum absolute atomic E-state index is 0.154. The van der Waals surface area contributed by atoms with E-state index in [9.17, 15) is 9.59 Å². The normalized spacial score (nSPS) is 40.9. The number of rotatable bonds is 6. The molecule has 2 atom stereocenters. The first-order valence-electron chi connectivity index (χ1n) is 9.19. The van der Waals surface area contributed by atoms with Gasteiger partial charge in [0.2, 0.25) is 11.8 Å². The van der Waals surface area contributed by atoms with E-state index in [1.807, 2.05) is 0 Å². The lowest BCUT2D eigenvalue weighted by atomic mass is 9.48. The Labute approximate surface area is 146 Å². The van der Waals surface area contributed by atoms with Gasteiger partial charge in [-0.05, 0) is 68.6 Å². The number of alkyl halides is 1. The second kappa shape index (κ2) is 5.75. The summed E-state index contributed by atoms with van der Waals surface area (Å²) < 4.78 is 0.315. The maximum Gasteiger partial charge on any atom is 0.223 e. The van der Waals surface area contributed by atoms with Gasteiger partial charge >= 0.3 is 0 Å². The summed E-state index contributed by atoms with van der Waals surface area (Å²) in [5.41, 5.74) is 0.231. The van der Waals surface area contributed by atoms with Gasteiger partial charge in [-0.1, -0.05) is 15.9 Å². The minimum atomic E-state index is 0.154. The lowest BCUT2D eigenvalue weighted by Gasteiger charge is -2.60. The number of hydrogen-bond donors (Lipinski definition) is 2. The molecule has 0 aromatic carbocycles. The first kappa shape index (κ1) is 15.9. The molecule has 2 N–H and O–H groups in total. The standard InChI is InChI=1S/C18H27BrN2O2/c19-18-8-12-5-13(9-18)7-17(6-12,11-18)10-15(22)20-3-4-21-16(23)14-1-2-14/h12-14H,1-11H2,(H,20,22)(H,21,23). The van der Waals surface area contributed by atoms with Crippen LogP contribution in [-0.4, -0.2) is 29.2 Å². The number of amides is 2. The lowest BCUT2D eigenvalue weighted by Crippen LogP contribution is -2.54. The van der Waals surface area contributed by atoms with Crippen LogP contribution in [0.2, 0.25) is 0 Å². The number of carbonyl (C=O) groups excluding carboxylic acids is 2. The van der Waals surface area contributed by atoms with Crippen LogP contribution >= 0.6 is 15.9 Å². The van der Waals surface area contributed by atoms with Gasteiger partial charge < -0.3 is 10.6 Å². The van der Waals surface area contributed by atoms with E-state index >= 15 is 0 Å². The molecule has 0 aromatic heterocycles. The third-order valence-corrected chi connectivity index (χ3v) is 7.27. The molecule has 0 aromatic rings. The van der Waals surface area contributed by atoms with Gasteiger partial charge in [-0.3, -0.25) is 9.59 Å². The Morgan fingerprint density at radius 2 is 1.65 bits per heavy atom. The first-order valence-corrected chi connectivity index (χ1v) is 9.98. The fourth-order valence-electron chi connectivity index (χ4n) is 5.82. The molecule has 0 radical (unpaired) electrons. The van der Waals surface area contributed by atoms with Crippen LogP contribution < -0.4 is 10.6 Å². The summed E-state index contributed by atoms with van der Waals surface area (Å²) in [5.74, 6) is 2.21. The molecule has 4 nitrogen and oxygen atoms in total. The summed E-state index contributed by atoms with van der Waals surface area (Å²) in [7, 11) is 0. The zero-order valence-corrected chi connectivity index (χ0v) is 15.3. The average Bonchev–Trinajstić information content (AvgIpc) is 3.24. The fourth-order valence-corrected chi connectivity index (χ4v) is 7.33. The van der Waals surface area contributed by atoms with E-state index < -0.39 is 0 Å². The monoisotopic (exact) mass is 382 g/mol. The maximum atomic E-state index is 12.4. The Hall–Kier alpha value is -0.580. The smallest absolute Gasteiger partial charge is 0.223 e. The highest BCUT2D eigenvalue weighted by atomic mass is 79.9. The second-order valence-electron chi connectivity index (χ2n) is 8.70. The topological polar surface area (TPSA) is 58.2 Å². The summed E-state index contributed by atoms with van der Waals surface area (Å²) in [6.45, 7) is 1.11. The van der Waals surface area contributed by atoms with Gasteiger partial charge in [0, 0.05) is 29.8 Å². The van der Waals surface area contributed by atoms with E-state index in [0.717, 1.165) is 24.7 Å². The number of hydrogen-bond acceptors (Lipinski definition) is 2. The zero-order valence-electron chi connectivity index (χ0n) is 13.7. The number of carbonyl (C=O) groups is 2. The van der Waals surface area contributed by atoms with E-state index in [-0.39, 0.29) is 23.1 Å². The molecule has 5 aliphatic carbocycles. The summed E-state index contributed by atoms with van der Waals surface area (Å²) in [4.78, 5) is 23.9. The first-order chi connectivity index (χ1) is 11.0. The van der Waals surface area contributed by atoms with Crippen LogP contribution in [0.15, 0.2) is 0 Å². The lowest BCUT2D eigenvalue weighted by molar-refractivity contribution is -0.128. The van der Waals surface area contributed by atoms with Crippen LogP contribution in [-0.2, 0) is 9.59 Å². The van der Waals surface area contributed by atoms with E-state index in [2.05, 4.69) is 26.6 Å². The van der Waals surface area contributed by atoms with Gasteiger partial charge in [-0.15, -0.1) is 0 Å². The van der Waals surface area contributed by atoms with Crippen LogP contribution in [0.3, 0.4) is 0 Å². The van der Waals surface area contributed by atoms with E-state index in [1.165, 1.54) is 38.5 Å².